The fourth-order valence-electron chi connectivity index (χ4n) is 3.25. The van der Waals surface area contributed by atoms with Crippen LogP contribution >= 0.6 is 0 Å². The Morgan fingerprint density at radius 2 is 2.10 bits per heavy atom. The molecule has 112 valence electrons. The summed E-state index contributed by atoms with van der Waals surface area (Å²) in [4.78, 5) is 7.30. The zero-order valence-electron chi connectivity index (χ0n) is 11.8. The molecule has 0 aromatic carbocycles. The third kappa shape index (κ3) is 2.49. The summed E-state index contributed by atoms with van der Waals surface area (Å²) in [6, 6.07) is -0.132. The van der Waals surface area contributed by atoms with Gasteiger partial charge in [0.15, 0.2) is 0 Å². The Balaban J connectivity index is 1.83. The molecule has 2 aliphatic rings. The van der Waals surface area contributed by atoms with Crippen molar-refractivity contribution in [2.45, 2.75) is 38.6 Å². The molecule has 0 amide bonds. The lowest BCUT2D eigenvalue weighted by molar-refractivity contribution is 0.252. The largest absolute Gasteiger partial charge is 0.347 e. The van der Waals surface area contributed by atoms with E-state index < -0.39 is 10.2 Å². The van der Waals surface area contributed by atoms with Crippen LogP contribution < -0.4 is 0 Å². The molecule has 1 N–H and O–H groups in total. The molecule has 0 spiro atoms. The summed E-state index contributed by atoms with van der Waals surface area (Å²) in [6.45, 7) is 4.01. The molecule has 20 heavy (non-hydrogen) atoms. The maximum Gasteiger partial charge on any atom is 0.282 e. The fraction of sp³-hybridized carbons (Fsp3) is 0.769. The van der Waals surface area contributed by atoms with Crippen LogP contribution in [-0.4, -0.2) is 46.6 Å². The fourth-order valence-corrected chi connectivity index (χ4v) is 5.24. The summed E-state index contributed by atoms with van der Waals surface area (Å²) < 4.78 is 29.0. The lowest BCUT2D eigenvalue weighted by Crippen LogP contribution is -2.47. The highest BCUT2D eigenvalue weighted by atomic mass is 32.2. The van der Waals surface area contributed by atoms with Crippen LogP contribution in [0.3, 0.4) is 0 Å². The van der Waals surface area contributed by atoms with Gasteiger partial charge in [-0.05, 0) is 31.6 Å². The zero-order chi connectivity index (χ0) is 14.2. The first kappa shape index (κ1) is 14.0. The third-order valence-electron chi connectivity index (χ3n) is 4.28. The highest BCUT2D eigenvalue weighted by Crippen LogP contribution is 2.34. The number of hydrogen-bond donors (Lipinski definition) is 1. The predicted molar refractivity (Wildman–Crippen MR) is 76.2 cm³/mol. The number of nitrogens with one attached hydrogen (secondary N) is 1. The van der Waals surface area contributed by atoms with Crippen molar-refractivity contribution in [3.8, 4) is 0 Å². The second kappa shape index (κ2) is 5.46. The Labute approximate surface area is 120 Å². The molecule has 2 unspecified atom stereocenters. The van der Waals surface area contributed by atoms with Crippen LogP contribution in [0.4, 0.5) is 0 Å². The summed E-state index contributed by atoms with van der Waals surface area (Å²) in [5, 5.41) is 0. The van der Waals surface area contributed by atoms with Crippen LogP contribution in [0.2, 0.25) is 0 Å². The molecule has 0 aliphatic carbocycles. The number of aromatic amines is 1. The first-order chi connectivity index (χ1) is 9.59. The van der Waals surface area contributed by atoms with Crippen LogP contribution in [0, 0.1) is 5.92 Å². The van der Waals surface area contributed by atoms with Gasteiger partial charge in [-0.3, -0.25) is 0 Å². The van der Waals surface area contributed by atoms with Crippen molar-refractivity contribution < 1.29 is 8.42 Å². The van der Waals surface area contributed by atoms with Crippen molar-refractivity contribution in [2.75, 3.05) is 19.6 Å². The molecule has 3 heterocycles. The van der Waals surface area contributed by atoms with E-state index in [-0.39, 0.29) is 6.04 Å². The minimum Gasteiger partial charge on any atom is -0.347 e. The van der Waals surface area contributed by atoms with Gasteiger partial charge in [0.2, 0.25) is 0 Å². The molecule has 6 nitrogen and oxygen atoms in total. The quantitative estimate of drug-likeness (QED) is 0.920. The van der Waals surface area contributed by atoms with Crippen LogP contribution in [0.5, 0.6) is 0 Å². The van der Waals surface area contributed by atoms with Gasteiger partial charge in [-0.25, -0.2) is 4.98 Å². The molecule has 2 saturated heterocycles. The van der Waals surface area contributed by atoms with E-state index in [4.69, 9.17) is 0 Å². The summed E-state index contributed by atoms with van der Waals surface area (Å²) in [6.07, 6.45) is 7.25. The smallest absolute Gasteiger partial charge is 0.282 e. The van der Waals surface area contributed by atoms with Gasteiger partial charge in [0.25, 0.3) is 10.2 Å². The average molecular weight is 298 g/mol. The summed E-state index contributed by atoms with van der Waals surface area (Å²) in [5.74, 6) is 1.21. The average Bonchev–Trinajstić information content (AvgIpc) is 3.09. The van der Waals surface area contributed by atoms with Gasteiger partial charge in [0, 0.05) is 32.0 Å². The van der Waals surface area contributed by atoms with Crippen LogP contribution in [0.1, 0.15) is 44.5 Å². The van der Waals surface area contributed by atoms with Gasteiger partial charge < -0.3 is 4.98 Å². The standard InChI is InChI=1S/C13H22N4O2S/c1-11-4-2-8-16(10-11)20(18,19)17-9-3-5-12(17)13-14-6-7-15-13/h6-7,11-12H,2-5,8-10H2,1H3,(H,14,15). The Hall–Kier alpha value is -0.920. The van der Waals surface area contributed by atoms with E-state index in [0.29, 0.717) is 25.6 Å². The molecule has 0 bridgehead atoms. The molecule has 2 atom stereocenters. The number of H-pyrrole nitrogens is 1. The SMILES string of the molecule is CC1CCCN(S(=O)(=O)N2CCCC2c2ncc[nH]2)C1. The van der Waals surface area contributed by atoms with Crippen molar-refractivity contribution in [1.29, 1.82) is 0 Å². The number of hydrogen-bond acceptors (Lipinski definition) is 3. The number of imidazole rings is 1. The van der Waals surface area contributed by atoms with Crippen molar-refractivity contribution in [3.63, 3.8) is 0 Å². The highest BCUT2D eigenvalue weighted by Gasteiger charge is 2.40. The summed E-state index contributed by atoms with van der Waals surface area (Å²) >= 11 is 0. The maximum atomic E-state index is 12.8. The van der Waals surface area contributed by atoms with E-state index in [9.17, 15) is 8.42 Å². The third-order valence-corrected chi connectivity index (χ3v) is 6.30. The summed E-state index contributed by atoms with van der Waals surface area (Å²) in [5.41, 5.74) is 0. The Bertz CT molecular complexity index is 543. The lowest BCUT2D eigenvalue weighted by Gasteiger charge is -2.34. The van der Waals surface area contributed by atoms with Crippen LogP contribution in [-0.2, 0) is 10.2 Å². The van der Waals surface area contributed by atoms with E-state index in [1.807, 2.05) is 0 Å². The van der Waals surface area contributed by atoms with Gasteiger partial charge in [0.1, 0.15) is 5.82 Å². The molecule has 0 radical (unpaired) electrons. The molecule has 0 saturated carbocycles. The maximum absolute atomic E-state index is 12.8. The molecular formula is C13H22N4O2S. The lowest BCUT2D eigenvalue weighted by atomic mass is 10.0. The van der Waals surface area contributed by atoms with Crippen molar-refractivity contribution in [1.82, 2.24) is 18.6 Å². The summed E-state index contributed by atoms with van der Waals surface area (Å²) in [7, 11) is -3.36. The molecule has 7 heteroatoms. The first-order valence-corrected chi connectivity index (χ1v) is 8.75. The Morgan fingerprint density at radius 1 is 1.30 bits per heavy atom. The molecule has 1 aromatic rings. The Morgan fingerprint density at radius 3 is 2.80 bits per heavy atom. The van der Waals surface area contributed by atoms with E-state index in [1.165, 1.54) is 0 Å². The Kier molecular flexibility index (Phi) is 3.83. The van der Waals surface area contributed by atoms with Gasteiger partial charge in [-0.1, -0.05) is 6.92 Å². The molecule has 2 aliphatic heterocycles. The van der Waals surface area contributed by atoms with Crippen LogP contribution in [0.15, 0.2) is 12.4 Å². The minimum absolute atomic E-state index is 0.132. The number of aromatic nitrogens is 2. The molecule has 3 rings (SSSR count). The predicted octanol–water partition coefficient (Wildman–Crippen LogP) is 1.52. The van der Waals surface area contributed by atoms with Crippen molar-refractivity contribution in [3.05, 3.63) is 18.2 Å². The minimum atomic E-state index is -3.36. The van der Waals surface area contributed by atoms with Gasteiger partial charge in [0.05, 0.1) is 6.04 Å². The van der Waals surface area contributed by atoms with Gasteiger partial charge in [-0.2, -0.15) is 17.0 Å². The molecule has 1 aromatic heterocycles. The van der Waals surface area contributed by atoms with Crippen LogP contribution in [0.25, 0.3) is 0 Å². The van der Waals surface area contributed by atoms with Crippen molar-refractivity contribution in [2.24, 2.45) is 5.92 Å². The second-order valence-electron chi connectivity index (χ2n) is 5.86. The van der Waals surface area contributed by atoms with E-state index >= 15 is 0 Å². The topological polar surface area (TPSA) is 69.3 Å². The number of nitrogens with zero attached hydrogens (tertiary/aromatic N) is 3. The van der Waals surface area contributed by atoms with Gasteiger partial charge >= 0.3 is 0 Å². The van der Waals surface area contributed by atoms with E-state index in [0.717, 1.165) is 31.5 Å². The van der Waals surface area contributed by atoms with E-state index in [2.05, 4.69) is 16.9 Å². The monoisotopic (exact) mass is 298 g/mol. The second-order valence-corrected chi connectivity index (χ2v) is 7.74. The molecule has 2 fully saturated rings. The van der Waals surface area contributed by atoms with E-state index in [1.54, 1.807) is 21.0 Å². The normalized spacial score (nSPS) is 29.9. The number of piperidine rings is 1. The molecular weight excluding hydrogens is 276 g/mol. The first-order valence-electron chi connectivity index (χ1n) is 7.35. The zero-order valence-corrected chi connectivity index (χ0v) is 12.6. The number of rotatable bonds is 3. The van der Waals surface area contributed by atoms with Gasteiger partial charge in [-0.15, -0.1) is 0 Å². The van der Waals surface area contributed by atoms with Crippen molar-refractivity contribution >= 4 is 10.2 Å². The highest BCUT2D eigenvalue weighted by molar-refractivity contribution is 7.86.